The predicted octanol–water partition coefficient (Wildman–Crippen LogP) is 2.26. The Morgan fingerprint density at radius 1 is 1.15 bits per heavy atom. The second kappa shape index (κ2) is 7.86. The number of carbonyl (C=O) groups excluding carboxylic acids is 2. The fraction of sp³-hybridized carbons (Fsp3) is 0.789. The van der Waals surface area contributed by atoms with Crippen LogP contribution in [0.25, 0.3) is 0 Å². The number of aromatic nitrogens is 3. The van der Waals surface area contributed by atoms with Crippen molar-refractivity contribution in [2.75, 3.05) is 26.2 Å². The molecule has 0 bridgehead atoms. The molecule has 8 nitrogen and oxygen atoms in total. The number of rotatable bonds is 3. The van der Waals surface area contributed by atoms with Crippen molar-refractivity contribution in [2.45, 2.75) is 65.0 Å². The molecule has 3 heterocycles. The van der Waals surface area contributed by atoms with Gasteiger partial charge in [0, 0.05) is 38.6 Å². The van der Waals surface area contributed by atoms with E-state index in [2.05, 4.69) is 21.7 Å². The minimum atomic E-state index is -0.514. The summed E-state index contributed by atoms with van der Waals surface area (Å²) in [5.41, 5.74) is -0.514. The number of ether oxygens (including phenoxy) is 1. The van der Waals surface area contributed by atoms with Crippen LogP contribution in [0.4, 0.5) is 4.79 Å². The van der Waals surface area contributed by atoms with Crippen molar-refractivity contribution in [2.24, 2.45) is 5.92 Å². The largest absolute Gasteiger partial charge is 0.444 e. The summed E-state index contributed by atoms with van der Waals surface area (Å²) in [6.45, 7) is 11.0. The lowest BCUT2D eigenvalue weighted by molar-refractivity contribution is -0.136. The van der Waals surface area contributed by atoms with Gasteiger partial charge in [-0.1, -0.05) is 0 Å². The zero-order chi connectivity index (χ0) is 19.6. The molecule has 0 radical (unpaired) electrons. The lowest BCUT2D eigenvalue weighted by atomic mass is 9.94. The molecule has 2 aliphatic heterocycles. The van der Waals surface area contributed by atoms with Gasteiger partial charge in [-0.2, -0.15) is 0 Å². The summed E-state index contributed by atoms with van der Waals surface area (Å²) in [6, 6.07) is 0. The van der Waals surface area contributed by atoms with Gasteiger partial charge in [0.1, 0.15) is 17.8 Å². The standard InChI is InChI=1S/C19H31N5O3/c1-5-22-13-20-21-16(22)14-6-9-23(10-7-14)17(25)15-8-11-24(12-15)18(26)27-19(2,3)4/h13-15H,5-12H2,1-4H3. The Balaban J connectivity index is 1.51. The molecule has 2 aliphatic rings. The highest BCUT2D eigenvalue weighted by Crippen LogP contribution is 2.29. The van der Waals surface area contributed by atoms with Crippen molar-refractivity contribution in [3.8, 4) is 0 Å². The van der Waals surface area contributed by atoms with Crippen LogP contribution in [-0.4, -0.2) is 68.3 Å². The summed E-state index contributed by atoms with van der Waals surface area (Å²) < 4.78 is 7.50. The summed E-state index contributed by atoms with van der Waals surface area (Å²) in [5.74, 6) is 1.43. The van der Waals surface area contributed by atoms with E-state index < -0.39 is 5.60 Å². The first-order chi connectivity index (χ1) is 12.8. The fourth-order valence-electron chi connectivity index (χ4n) is 3.89. The molecule has 1 aromatic heterocycles. The summed E-state index contributed by atoms with van der Waals surface area (Å²) in [4.78, 5) is 28.7. The maximum atomic E-state index is 12.9. The zero-order valence-electron chi connectivity index (χ0n) is 16.8. The van der Waals surface area contributed by atoms with E-state index in [1.165, 1.54) is 0 Å². The topological polar surface area (TPSA) is 80.6 Å². The van der Waals surface area contributed by atoms with Crippen molar-refractivity contribution in [3.05, 3.63) is 12.2 Å². The van der Waals surface area contributed by atoms with Gasteiger partial charge in [-0.25, -0.2) is 4.79 Å². The Morgan fingerprint density at radius 3 is 2.44 bits per heavy atom. The Hall–Kier alpha value is -2.12. The third kappa shape index (κ3) is 4.59. The molecule has 1 aromatic rings. The van der Waals surface area contributed by atoms with Crippen LogP contribution >= 0.6 is 0 Å². The molecule has 0 aliphatic carbocycles. The van der Waals surface area contributed by atoms with Gasteiger partial charge in [0.2, 0.25) is 5.91 Å². The van der Waals surface area contributed by atoms with Gasteiger partial charge >= 0.3 is 6.09 Å². The first kappa shape index (κ1) is 19.6. The van der Waals surface area contributed by atoms with Crippen molar-refractivity contribution in [1.29, 1.82) is 0 Å². The molecule has 2 fully saturated rings. The smallest absolute Gasteiger partial charge is 0.410 e. The van der Waals surface area contributed by atoms with Crippen LogP contribution in [0.5, 0.6) is 0 Å². The van der Waals surface area contributed by atoms with Crippen LogP contribution in [0.1, 0.15) is 58.7 Å². The highest BCUT2D eigenvalue weighted by atomic mass is 16.6. The minimum absolute atomic E-state index is 0.117. The van der Waals surface area contributed by atoms with Crippen molar-refractivity contribution in [1.82, 2.24) is 24.6 Å². The SMILES string of the molecule is CCn1cnnc1C1CCN(C(=O)C2CCN(C(=O)OC(C)(C)C)C2)CC1. The van der Waals surface area contributed by atoms with Crippen molar-refractivity contribution < 1.29 is 14.3 Å². The highest BCUT2D eigenvalue weighted by Gasteiger charge is 2.37. The van der Waals surface area contributed by atoms with E-state index in [4.69, 9.17) is 4.74 Å². The number of aryl methyl sites for hydroxylation is 1. The molecule has 0 spiro atoms. The number of hydrogen-bond acceptors (Lipinski definition) is 5. The van der Waals surface area contributed by atoms with Crippen LogP contribution in [0.2, 0.25) is 0 Å². The first-order valence-electron chi connectivity index (χ1n) is 9.93. The number of carbonyl (C=O) groups is 2. The number of nitrogens with zero attached hydrogens (tertiary/aromatic N) is 5. The molecular weight excluding hydrogens is 346 g/mol. The first-order valence-corrected chi connectivity index (χ1v) is 9.93. The van der Waals surface area contributed by atoms with Crippen LogP contribution in [0, 0.1) is 5.92 Å². The minimum Gasteiger partial charge on any atom is -0.444 e. The lowest BCUT2D eigenvalue weighted by Gasteiger charge is -2.33. The van der Waals surface area contributed by atoms with Gasteiger partial charge in [0.25, 0.3) is 0 Å². The predicted molar refractivity (Wildman–Crippen MR) is 100 cm³/mol. The number of amides is 2. The van der Waals surface area contributed by atoms with E-state index in [-0.39, 0.29) is 17.9 Å². The third-order valence-corrected chi connectivity index (χ3v) is 5.35. The zero-order valence-corrected chi connectivity index (χ0v) is 16.8. The van der Waals surface area contributed by atoms with Gasteiger partial charge in [-0.15, -0.1) is 10.2 Å². The normalized spacial score (nSPS) is 21.6. The highest BCUT2D eigenvalue weighted by molar-refractivity contribution is 5.81. The molecule has 1 atom stereocenters. The maximum absolute atomic E-state index is 12.9. The molecule has 0 aromatic carbocycles. The Kier molecular flexibility index (Phi) is 5.72. The van der Waals surface area contributed by atoms with E-state index in [9.17, 15) is 9.59 Å². The Labute approximate surface area is 160 Å². The average Bonchev–Trinajstić information content (AvgIpc) is 3.29. The molecular formula is C19H31N5O3. The number of piperidine rings is 1. The van der Waals surface area contributed by atoms with E-state index in [1.807, 2.05) is 25.7 Å². The molecule has 3 rings (SSSR count). The summed E-state index contributed by atoms with van der Waals surface area (Å²) in [7, 11) is 0. The molecule has 27 heavy (non-hydrogen) atoms. The van der Waals surface area contributed by atoms with E-state index in [0.29, 0.717) is 25.4 Å². The summed E-state index contributed by atoms with van der Waals surface area (Å²) >= 11 is 0. The van der Waals surface area contributed by atoms with Gasteiger partial charge in [0.15, 0.2) is 0 Å². The van der Waals surface area contributed by atoms with Crippen molar-refractivity contribution in [3.63, 3.8) is 0 Å². The quantitative estimate of drug-likeness (QED) is 0.807. The van der Waals surface area contributed by atoms with Crippen molar-refractivity contribution >= 4 is 12.0 Å². The molecule has 8 heteroatoms. The van der Waals surface area contributed by atoms with Gasteiger partial charge in [-0.05, 0) is 47.0 Å². The maximum Gasteiger partial charge on any atom is 0.410 e. The van der Waals surface area contributed by atoms with Crippen LogP contribution in [0.3, 0.4) is 0 Å². The average molecular weight is 377 g/mol. The molecule has 0 saturated carbocycles. The Bertz CT molecular complexity index is 673. The summed E-state index contributed by atoms with van der Waals surface area (Å²) in [5, 5.41) is 8.29. The second-order valence-corrected chi connectivity index (χ2v) is 8.49. The monoisotopic (exact) mass is 377 g/mol. The fourth-order valence-corrected chi connectivity index (χ4v) is 3.89. The second-order valence-electron chi connectivity index (χ2n) is 8.49. The number of hydrogen-bond donors (Lipinski definition) is 0. The van der Waals surface area contributed by atoms with E-state index in [1.54, 1.807) is 11.2 Å². The number of likely N-dealkylation sites (tertiary alicyclic amines) is 2. The van der Waals surface area contributed by atoms with E-state index in [0.717, 1.165) is 38.3 Å². The molecule has 1 unspecified atom stereocenters. The summed E-state index contributed by atoms with van der Waals surface area (Å²) in [6.07, 6.45) is 3.98. The lowest BCUT2D eigenvalue weighted by Crippen LogP contribution is -2.43. The van der Waals surface area contributed by atoms with Crippen LogP contribution in [0.15, 0.2) is 6.33 Å². The van der Waals surface area contributed by atoms with Gasteiger partial charge in [0.05, 0.1) is 5.92 Å². The molecule has 0 N–H and O–H groups in total. The van der Waals surface area contributed by atoms with E-state index >= 15 is 0 Å². The Morgan fingerprint density at radius 2 is 1.81 bits per heavy atom. The molecule has 2 amide bonds. The third-order valence-electron chi connectivity index (χ3n) is 5.35. The van der Waals surface area contributed by atoms with Crippen LogP contribution in [-0.2, 0) is 16.1 Å². The van der Waals surface area contributed by atoms with Gasteiger partial charge in [-0.3, -0.25) is 4.79 Å². The van der Waals surface area contributed by atoms with Crippen LogP contribution < -0.4 is 0 Å². The molecule has 150 valence electrons. The van der Waals surface area contributed by atoms with Gasteiger partial charge < -0.3 is 19.1 Å². The molecule has 2 saturated heterocycles.